The summed E-state index contributed by atoms with van der Waals surface area (Å²) < 4.78 is 0.523. The molecule has 0 amide bonds. The van der Waals surface area contributed by atoms with Gasteiger partial charge in [-0.1, -0.05) is 0 Å². The summed E-state index contributed by atoms with van der Waals surface area (Å²) in [7, 11) is 0. The van der Waals surface area contributed by atoms with Gasteiger partial charge in [-0.05, 0) is 0 Å². The maximum absolute atomic E-state index is 2.39. The van der Waals surface area contributed by atoms with Crippen molar-refractivity contribution >= 4 is 0 Å². The predicted molar refractivity (Wildman–Crippen MR) is 33.7 cm³/mol. The molecule has 0 aromatic heterocycles. The number of hydrogen-bond acceptors (Lipinski definition) is 0. The molecule has 66 valence electrons. The molecule has 0 N–H and O–H groups in total. The van der Waals surface area contributed by atoms with Crippen molar-refractivity contribution < 1.29 is 61.9 Å². The normalized spacial score (nSPS) is 34.7. The van der Waals surface area contributed by atoms with Crippen LogP contribution in [0.3, 0.4) is 0 Å². The van der Waals surface area contributed by atoms with Gasteiger partial charge in [0.25, 0.3) is 0 Å². The van der Waals surface area contributed by atoms with Gasteiger partial charge in [-0.2, -0.15) is 0 Å². The molecule has 0 aromatic carbocycles. The second kappa shape index (κ2) is 5.86. The van der Waals surface area contributed by atoms with E-state index in [0.717, 1.165) is 5.92 Å². The summed E-state index contributed by atoms with van der Waals surface area (Å²) in [4.78, 5) is 0. The molecular weight excluding hydrogens is 294 g/mol. The molecule has 0 nitrogen and oxygen atoms in total. The van der Waals surface area contributed by atoms with Crippen LogP contribution >= 0.6 is 0 Å². The molecule has 0 fully saturated rings. The molecule has 0 aliphatic heterocycles. The fraction of sp³-hybridized carbons (Fsp3) is 0.500. The number of halogens is 3. The van der Waals surface area contributed by atoms with Gasteiger partial charge >= 0.3 is 70.9 Å². The van der Waals surface area contributed by atoms with Crippen LogP contribution in [0.1, 0.15) is 12.8 Å². The van der Waals surface area contributed by atoms with Gasteiger partial charge in [-0.15, -0.1) is 0 Å². The van der Waals surface area contributed by atoms with Gasteiger partial charge in [0.1, 0.15) is 0 Å². The molecule has 0 radical (unpaired) electrons. The molecule has 0 saturated heterocycles. The first-order valence-electron chi connectivity index (χ1n) is 3.41. The van der Waals surface area contributed by atoms with Crippen LogP contribution in [0.25, 0.3) is 0 Å². The molecule has 12 heavy (non-hydrogen) atoms. The summed E-state index contributed by atoms with van der Waals surface area (Å²) in [6.45, 7) is 0. The number of fused-ring (bicyclic) bond motifs is 2. The van der Waals surface area contributed by atoms with Crippen molar-refractivity contribution in [2.24, 2.45) is 5.92 Å². The fourth-order valence-corrected chi connectivity index (χ4v) is 2.79. The third-order valence-corrected chi connectivity index (χ3v) is 3.44. The third-order valence-electron chi connectivity index (χ3n) is 2.12. The fourth-order valence-electron chi connectivity index (χ4n) is 1.62. The minimum atomic E-state index is 0. The van der Waals surface area contributed by atoms with Crippen molar-refractivity contribution in [3.05, 3.63) is 24.3 Å². The predicted octanol–water partition coefficient (Wildman–Crippen LogP) is -6.76. The average Bonchev–Trinajstić information content (AvgIpc) is 2.07. The van der Waals surface area contributed by atoms with E-state index in [-0.39, 0.29) is 37.2 Å². The Morgan fingerprint density at radius 3 is 2.33 bits per heavy atom. The Morgan fingerprint density at radius 2 is 1.83 bits per heavy atom. The van der Waals surface area contributed by atoms with Gasteiger partial charge in [0.15, 0.2) is 0 Å². The first-order valence-corrected chi connectivity index (χ1v) is 4.63. The zero-order valence-electron chi connectivity index (χ0n) is 6.43. The molecule has 2 unspecified atom stereocenters. The average molecular weight is 303 g/mol. The van der Waals surface area contributed by atoms with Crippen molar-refractivity contribution in [3.8, 4) is 0 Å². The molecule has 4 heteroatoms. The quantitative estimate of drug-likeness (QED) is 0.390. The molecule has 0 saturated carbocycles. The van der Waals surface area contributed by atoms with E-state index in [9.17, 15) is 0 Å². The summed E-state index contributed by atoms with van der Waals surface area (Å²) in [5, 5.41) is 0. The van der Waals surface area contributed by atoms with Gasteiger partial charge in [-0.25, -0.2) is 0 Å². The maximum atomic E-state index is 2.39. The Balaban J connectivity index is 0. The van der Waals surface area contributed by atoms with Crippen LogP contribution < -0.4 is 37.2 Å². The zero-order chi connectivity index (χ0) is 6.32. The minimum absolute atomic E-state index is 0. The number of allylic oxidation sites excluding steroid dienone is 4. The van der Waals surface area contributed by atoms with E-state index in [1.165, 1.54) is 12.8 Å². The summed E-state index contributed by atoms with van der Waals surface area (Å²) in [6.07, 6.45) is 12.2. The van der Waals surface area contributed by atoms with Crippen molar-refractivity contribution in [3.63, 3.8) is 0 Å². The zero-order valence-corrected chi connectivity index (χ0v) is 11.2. The van der Waals surface area contributed by atoms with Crippen LogP contribution in [0.4, 0.5) is 0 Å². The second-order valence-electron chi connectivity index (χ2n) is 3.00. The first-order chi connectivity index (χ1) is 4.29. The molecule has 0 heterocycles. The Labute approximate surface area is 107 Å². The molecule has 2 aliphatic rings. The van der Waals surface area contributed by atoms with Gasteiger partial charge in [0, 0.05) is 0 Å². The first kappa shape index (κ1) is 15.7. The van der Waals surface area contributed by atoms with E-state index in [1.54, 1.807) is 24.7 Å². The SMILES string of the molecule is [Cl-].[Cl-].[Cl-].[Zr+3][C]12C=CCC(C=C1)C2. The summed E-state index contributed by atoms with van der Waals surface area (Å²) >= 11 is 1.65. The van der Waals surface area contributed by atoms with Gasteiger partial charge in [0.05, 0.1) is 0 Å². The van der Waals surface area contributed by atoms with Crippen LogP contribution in [-0.4, -0.2) is 0 Å². The molecule has 2 aliphatic carbocycles. The van der Waals surface area contributed by atoms with Crippen molar-refractivity contribution in [1.29, 1.82) is 0 Å². The van der Waals surface area contributed by atoms with Crippen LogP contribution in [0.5, 0.6) is 0 Å². The molecule has 2 rings (SSSR count). The molecule has 0 spiro atoms. The van der Waals surface area contributed by atoms with Gasteiger partial charge in [-0.3, -0.25) is 0 Å². The van der Waals surface area contributed by atoms with E-state index in [4.69, 9.17) is 0 Å². The van der Waals surface area contributed by atoms with Crippen molar-refractivity contribution in [1.82, 2.24) is 0 Å². The molecule has 0 aromatic rings. The van der Waals surface area contributed by atoms with E-state index in [0.29, 0.717) is 3.12 Å². The molecular formula is C8H9Cl3Zr. The van der Waals surface area contributed by atoms with Crippen LogP contribution in [0, 0.1) is 5.92 Å². The van der Waals surface area contributed by atoms with E-state index < -0.39 is 0 Å². The van der Waals surface area contributed by atoms with Gasteiger partial charge < -0.3 is 37.2 Å². The Hall–Kier alpha value is 1.23. The topological polar surface area (TPSA) is 0 Å². The monoisotopic (exact) mass is 300 g/mol. The number of rotatable bonds is 0. The van der Waals surface area contributed by atoms with E-state index >= 15 is 0 Å². The van der Waals surface area contributed by atoms with Crippen molar-refractivity contribution in [2.75, 3.05) is 0 Å². The van der Waals surface area contributed by atoms with Crippen LogP contribution in [0.2, 0.25) is 3.12 Å². The number of hydrogen-bond donors (Lipinski definition) is 0. The second-order valence-corrected chi connectivity index (χ2v) is 5.29. The third kappa shape index (κ3) is 3.18. The summed E-state index contributed by atoms with van der Waals surface area (Å²) in [5.41, 5.74) is 0. The van der Waals surface area contributed by atoms with E-state index in [1.807, 2.05) is 0 Å². The summed E-state index contributed by atoms with van der Waals surface area (Å²) in [6, 6.07) is 0. The van der Waals surface area contributed by atoms with Crippen LogP contribution in [0.15, 0.2) is 24.3 Å². The Kier molecular flexibility index (Phi) is 7.66. The standard InChI is InChI=1S/C8H9.3ClH.Zr/c1-2-7-4-5-8(3-1)6-7;;;;/h1-2,4-5,8H,3,6H2;3*1H;/q;;;;+3/p-3. The molecule has 2 atom stereocenters. The van der Waals surface area contributed by atoms with Crippen LogP contribution in [-0.2, 0) is 24.7 Å². The van der Waals surface area contributed by atoms with Crippen molar-refractivity contribution in [2.45, 2.75) is 16.0 Å². The Morgan fingerprint density at radius 1 is 1.17 bits per heavy atom. The van der Waals surface area contributed by atoms with Gasteiger partial charge in [0.2, 0.25) is 0 Å². The molecule has 2 bridgehead atoms. The van der Waals surface area contributed by atoms with E-state index in [2.05, 4.69) is 24.3 Å². The summed E-state index contributed by atoms with van der Waals surface area (Å²) in [5.74, 6) is 0.884. The Bertz CT molecular complexity index is 187.